The zero-order valence-corrected chi connectivity index (χ0v) is 15.7. The third-order valence-electron chi connectivity index (χ3n) is 4.33. The van der Waals surface area contributed by atoms with Crippen LogP contribution in [0.1, 0.15) is 34.3 Å². The summed E-state index contributed by atoms with van der Waals surface area (Å²) in [6, 6.07) is 7.83. The number of halogens is 3. The molecule has 0 atom stereocenters. The van der Waals surface area contributed by atoms with Crippen molar-refractivity contribution in [1.29, 1.82) is 0 Å². The molecule has 26 heavy (non-hydrogen) atoms. The molecule has 0 spiro atoms. The van der Waals surface area contributed by atoms with Gasteiger partial charge in [-0.2, -0.15) is 5.10 Å². The molecule has 0 radical (unpaired) electrons. The summed E-state index contributed by atoms with van der Waals surface area (Å²) in [5.74, 6) is -0.749. The Morgan fingerprint density at radius 1 is 1.23 bits per heavy atom. The van der Waals surface area contributed by atoms with E-state index in [1.807, 2.05) is 17.9 Å². The number of benzene rings is 2. The van der Waals surface area contributed by atoms with Crippen molar-refractivity contribution >= 4 is 41.0 Å². The van der Waals surface area contributed by atoms with Crippen LogP contribution in [-0.2, 0) is 0 Å². The number of hydrogen-bond acceptors (Lipinski definition) is 3. The third kappa shape index (κ3) is 4.17. The van der Waals surface area contributed by atoms with Crippen LogP contribution in [0.5, 0.6) is 0 Å². The van der Waals surface area contributed by atoms with Crippen molar-refractivity contribution in [2.45, 2.75) is 19.8 Å². The molecule has 1 heterocycles. The molecule has 1 N–H and O–H groups in total. The Labute approximate surface area is 161 Å². The van der Waals surface area contributed by atoms with E-state index in [1.54, 1.807) is 6.07 Å². The molecule has 2 aromatic carbocycles. The average Bonchev–Trinajstić information content (AvgIpc) is 3.11. The van der Waals surface area contributed by atoms with Gasteiger partial charge in [0.2, 0.25) is 0 Å². The van der Waals surface area contributed by atoms with Gasteiger partial charge < -0.3 is 4.90 Å². The molecule has 0 bridgehead atoms. The van der Waals surface area contributed by atoms with Gasteiger partial charge in [-0.05, 0) is 55.7 Å². The van der Waals surface area contributed by atoms with E-state index in [-0.39, 0.29) is 16.4 Å². The van der Waals surface area contributed by atoms with Crippen LogP contribution in [-0.4, -0.2) is 25.2 Å². The van der Waals surface area contributed by atoms with E-state index in [1.165, 1.54) is 24.4 Å². The van der Waals surface area contributed by atoms with Crippen LogP contribution in [0.2, 0.25) is 10.0 Å². The van der Waals surface area contributed by atoms with Crippen LogP contribution in [0.25, 0.3) is 0 Å². The van der Waals surface area contributed by atoms with E-state index < -0.39 is 5.91 Å². The number of nitrogens with one attached hydrogen (secondary N) is 1. The third-order valence-corrected chi connectivity index (χ3v) is 4.88. The summed E-state index contributed by atoms with van der Waals surface area (Å²) in [5, 5.41) is 4.60. The molecule has 4 nitrogen and oxygen atoms in total. The summed E-state index contributed by atoms with van der Waals surface area (Å²) in [7, 11) is 0. The van der Waals surface area contributed by atoms with Gasteiger partial charge >= 0.3 is 0 Å². The van der Waals surface area contributed by atoms with Gasteiger partial charge in [-0.25, -0.2) is 9.82 Å². The van der Waals surface area contributed by atoms with Crippen LogP contribution < -0.4 is 10.3 Å². The second-order valence-electron chi connectivity index (χ2n) is 6.18. The minimum Gasteiger partial charge on any atom is -0.369 e. The fourth-order valence-corrected chi connectivity index (χ4v) is 3.41. The summed E-state index contributed by atoms with van der Waals surface area (Å²) < 4.78 is 14.4. The predicted molar refractivity (Wildman–Crippen MR) is 104 cm³/mol. The first-order valence-corrected chi connectivity index (χ1v) is 9.05. The monoisotopic (exact) mass is 393 g/mol. The topological polar surface area (TPSA) is 44.7 Å². The van der Waals surface area contributed by atoms with Crippen LogP contribution in [0.15, 0.2) is 35.4 Å². The van der Waals surface area contributed by atoms with Gasteiger partial charge in [-0.3, -0.25) is 4.79 Å². The summed E-state index contributed by atoms with van der Waals surface area (Å²) in [5.41, 5.74) is 4.77. The number of aryl methyl sites for hydroxylation is 1. The van der Waals surface area contributed by atoms with Crippen LogP contribution in [0.3, 0.4) is 0 Å². The highest BCUT2D eigenvalue weighted by atomic mass is 35.5. The van der Waals surface area contributed by atoms with Crippen LogP contribution >= 0.6 is 23.2 Å². The molecule has 0 saturated carbocycles. The standard InChI is InChI=1S/C19H18Cl2FN3O/c1-12-8-18(25-6-2-3-7-25)17(22)9-13(12)11-23-24-19(26)15-5-4-14(20)10-16(15)21/h4-5,8-11H,2-3,6-7H2,1H3,(H,24,26). The first-order chi connectivity index (χ1) is 12.5. The smallest absolute Gasteiger partial charge is 0.272 e. The fourth-order valence-electron chi connectivity index (χ4n) is 2.92. The molecule has 136 valence electrons. The molecule has 1 aliphatic rings. The van der Waals surface area contributed by atoms with E-state index in [0.717, 1.165) is 31.5 Å². The molecule has 7 heteroatoms. The van der Waals surface area contributed by atoms with E-state index in [2.05, 4.69) is 10.5 Å². The fraction of sp³-hybridized carbons (Fsp3) is 0.263. The Hall–Kier alpha value is -2.11. The van der Waals surface area contributed by atoms with Gasteiger partial charge in [0.05, 0.1) is 22.5 Å². The first kappa shape index (κ1) is 18.7. The normalized spacial score (nSPS) is 14.2. The molecular weight excluding hydrogens is 376 g/mol. The second kappa shape index (κ2) is 8.06. The Bertz CT molecular complexity index is 864. The van der Waals surface area contributed by atoms with Crippen molar-refractivity contribution in [3.8, 4) is 0 Å². The molecular formula is C19H18Cl2FN3O. The maximum Gasteiger partial charge on any atom is 0.272 e. The zero-order chi connectivity index (χ0) is 18.7. The number of amides is 1. The SMILES string of the molecule is Cc1cc(N2CCCC2)c(F)cc1C=NNC(=O)c1ccc(Cl)cc1Cl. The van der Waals surface area contributed by atoms with Crippen LogP contribution in [0, 0.1) is 12.7 Å². The van der Waals surface area contributed by atoms with Crippen molar-refractivity contribution in [3.63, 3.8) is 0 Å². The molecule has 0 aliphatic carbocycles. The largest absolute Gasteiger partial charge is 0.369 e. The Morgan fingerprint density at radius 3 is 2.65 bits per heavy atom. The minimum atomic E-state index is -0.463. The molecule has 2 aromatic rings. The first-order valence-electron chi connectivity index (χ1n) is 8.29. The van der Waals surface area contributed by atoms with Gasteiger partial charge in [0.1, 0.15) is 5.82 Å². The van der Waals surface area contributed by atoms with Crippen molar-refractivity contribution in [2.24, 2.45) is 5.10 Å². The predicted octanol–water partition coefficient (Wildman–Crippen LogP) is 4.81. The molecule has 1 amide bonds. The van der Waals surface area contributed by atoms with Crippen molar-refractivity contribution < 1.29 is 9.18 Å². The number of carbonyl (C=O) groups excluding carboxylic acids is 1. The number of nitrogens with zero attached hydrogens (tertiary/aromatic N) is 2. The molecule has 0 aromatic heterocycles. The lowest BCUT2D eigenvalue weighted by atomic mass is 10.1. The van der Waals surface area contributed by atoms with E-state index in [4.69, 9.17) is 23.2 Å². The van der Waals surface area contributed by atoms with Gasteiger partial charge in [-0.15, -0.1) is 0 Å². The molecule has 3 rings (SSSR count). The van der Waals surface area contributed by atoms with Gasteiger partial charge in [0.25, 0.3) is 5.91 Å². The van der Waals surface area contributed by atoms with Crippen LogP contribution in [0.4, 0.5) is 10.1 Å². The number of carbonyl (C=O) groups is 1. The zero-order valence-electron chi connectivity index (χ0n) is 14.2. The molecule has 1 fully saturated rings. The minimum absolute atomic E-state index is 0.238. The van der Waals surface area contributed by atoms with Gasteiger partial charge in [-0.1, -0.05) is 23.2 Å². The average molecular weight is 394 g/mol. The molecule has 1 aliphatic heterocycles. The van der Waals surface area contributed by atoms with E-state index >= 15 is 0 Å². The maximum atomic E-state index is 14.4. The van der Waals surface area contributed by atoms with E-state index in [0.29, 0.717) is 16.3 Å². The highest BCUT2D eigenvalue weighted by Crippen LogP contribution is 2.26. The van der Waals surface area contributed by atoms with Crippen molar-refractivity contribution in [2.75, 3.05) is 18.0 Å². The van der Waals surface area contributed by atoms with Gasteiger partial charge in [0.15, 0.2) is 0 Å². The summed E-state index contributed by atoms with van der Waals surface area (Å²) in [6.45, 7) is 3.64. The highest BCUT2D eigenvalue weighted by Gasteiger charge is 2.17. The molecule has 1 saturated heterocycles. The van der Waals surface area contributed by atoms with Crippen molar-refractivity contribution in [1.82, 2.24) is 5.43 Å². The number of anilines is 1. The highest BCUT2D eigenvalue weighted by molar-refractivity contribution is 6.36. The lowest BCUT2D eigenvalue weighted by molar-refractivity contribution is 0.0955. The summed E-state index contributed by atoms with van der Waals surface area (Å²) in [4.78, 5) is 14.2. The lowest BCUT2D eigenvalue weighted by Gasteiger charge is -2.19. The quantitative estimate of drug-likeness (QED) is 0.598. The van der Waals surface area contributed by atoms with Crippen molar-refractivity contribution in [3.05, 3.63) is 62.9 Å². The number of hydrogen-bond donors (Lipinski definition) is 1. The Kier molecular flexibility index (Phi) is 5.79. The Morgan fingerprint density at radius 2 is 1.96 bits per heavy atom. The molecule has 0 unspecified atom stereocenters. The van der Waals surface area contributed by atoms with Gasteiger partial charge in [0, 0.05) is 23.7 Å². The maximum absolute atomic E-state index is 14.4. The number of rotatable bonds is 4. The number of hydrazone groups is 1. The Balaban J connectivity index is 1.72. The summed E-state index contributed by atoms with van der Waals surface area (Å²) >= 11 is 11.8. The summed E-state index contributed by atoms with van der Waals surface area (Å²) in [6.07, 6.45) is 3.59. The lowest BCUT2D eigenvalue weighted by Crippen LogP contribution is -2.20. The van der Waals surface area contributed by atoms with E-state index in [9.17, 15) is 9.18 Å². The second-order valence-corrected chi connectivity index (χ2v) is 7.02.